The van der Waals surface area contributed by atoms with Gasteiger partial charge in [-0.2, -0.15) is 0 Å². The van der Waals surface area contributed by atoms with Crippen molar-refractivity contribution in [2.75, 3.05) is 20.8 Å². The first kappa shape index (κ1) is 15.1. The number of rotatable bonds is 7. The van der Waals surface area contributed by atoms with Crippen LogP contribution in [0.25, 0.3) is 0 Å². The van der Waals surface area contributed by atoms with E-state index >= 15 is 0 Å². The monoisotopic (exact) mass is 279 g/mol. The molecule has 20 heavy (non-hydrogen) atoms. The van der Waals surface area contributed by atoms with Crippen LogP contribution in [-0.4, -0.2) is 26.9 Å². The molecule has 1 aliphatic rings. The molecular weight excluding hydrogens is 254 g/mol. The van der Waals surface area contributed by atoms with Gasteiger partial charge in [0.05, 0.1) is 20.3 Å². The zero-order valence-electron chi connectivity index (χ0n) is 12.6. The predicted octanol–water partition coefficient (Wildman–Crippen LogP) is 2.91. The van der Waals surface area contributed by atoms with E-state index in [1.165, 1.54) is 0 Å². The third kappa shape index (κ3) is 3.44. The van der Waals surface area contributed by atoms with E-state index in [0.29, 0.717) is 12.0 Å². The first-order valence-corrected chi connectivity index (χ1v) is 7.27. The molecule has 1 aromatic rings. The van der Waals surface area contributed by atoms with Gasteiger partial charge >= 0.3 is 0 Å². The molecule has 2 rings (SSSR count). The van der Waals surface area contributed by atoms with E-state index < -0.39 is 0 Å². The molecule has 1 aliphatic carbocycles. The zero-order chi connectivity index (χ0) is 14.5. The molecule has 1 unspecified atom stereocenters. The average Bonchev–Trinajstić information content (AvgIpc) is 2.44. The molecule has 0 spiro atoms. The van der Waals surface area contributed by atoms with Gasteiger partial charge in [-0.25, -0.2) is 0 Å². The summed E-state index contributed by atoms with van der Waals surface area (Å²) in [5.41, 5.74) is 7.37. The Hall–Kier alpha value is -1.26. The maximum atomic E-state index is 6.35. The van der Waals surface area contributed by atoms with Crippen molar-refractivity contribution in [1.82, 2.24) is 0 Å². The normalized spacial score (nSPS) is 23.0. The van der Waals surface area contributed by atoms with Crippen LogP contribution >= 0.6 is 0 Å². The Labute approximate surface area is 121 Å². The number of ether oxygens (including phenoxy) is 3. The molecule has 0 heterocycles. The average molecular weight is 279 g/mol. The van der Waals surface area contributed by atoms with Crippen LogP contribution in [0.4, 0.5) is 0 Å². The van der Waals surface area contributed by atoms with E-state index in [2.05, 4.69) is 0 Å². The van der Waals surface area contributed by atoms with Crippen molar-refractivity contribution in [2.24, 2.45) is 11.7 Å². The lowest BCUT2D eigenvalue weighted by Crippen LogP contribution is -2.33. The predicted molar refractivity (Wildman–Crippen MR) is 79.2 cm³/mol. The highest BCUT2D eigenvalue weighted by molar-refractivity contribution is 5.42. The fourth-order valence-corrected chi connectivity index (χ4v) is 2.85. The molecule has 0 bridgehead atoms. The number of nitrogens with two attached hydrogens (primary N) is 1. The minimum Gasteiger partial charge on any atom is -0.497 e. The van der Waals surface area contributed by atoms with Gasteiger partial charge in [0.1, 0.15) is 11.5 Å². The summed E-state index contributed by atoms with van der Waals surface area (Å²) in [6, 6.07) is 5.76. The van der Waals surface area contributed by atoms with Gasteiger partial charge in [-0.3, -0.25) is 0 Å². The Kier molecular flexibility index (Phi) is 5.26. The molecule has 4 nitrogen and oxygen atoms in total. The summed E-state index contributed by atoms with van der Waals surface area (Å²) < 4.78 is 16.3. The van der Waals surface area contributed by atoms with Crippen LogP contribution in [0.15, 0.2) is 18.2 Å². The Bertz CT molecular complexity index is 430. The molecule has 1 fully saturated rings. The standard InChI is InChI=1S/C16H25NO3/c1-4-20-13-7-11(8-13)9-15(17)14-10-12(18-2)5-6-16(14)19-3/h5-6,10-11,13,15H,4,7-9,17H2,1-3H3. The fourth-order valence-electron chi connectivity index (χ4n) is 2.85. The molecule has 4 heteroatoms. The van der Waals surface area contributed by atoms with E-state index in [1.54, 1.807) is 14.2 Å². The van der Waals surface area contributed by atoms with Gasteiger partial charge in [-0.15, -0.1) is 0 Å². The van der Waals surface area contributed by atoms with Gasteiger partial charge in [-0.1, -0.05) is 0 Å². The lowest BCUT2D eigenvalue weighted by atomic mass is 9.77. The smallest absolute Gasteiger partial charge is 0.123 e. The maximum Gasteiger partial charge on any atom is 0.123 e. The van der Waals surface area contributed by atoms with Crippen LogP contribution in [0, 0.1) is 5.92 Å². The van der Waals surface area contributed by atoms with Crippen molar-refractivity contribution in [3.05, 3.63) is 23.8 Å². The van der Waals surface area contributed by atoms with Crippen LogP contribution < -0.4 is 15.2 Å². The van der Waals surface area contributed by atoms with E-state index in [9.17, 15) is 0 Å². The molecule has 0 radical (unpaired) electrons. The van der Waals surface area contributed by atoms with Crippen LogP contribution in [0.5, 0.6) is 11.5 Å². The molecule has 2 N–H and O–H groups in total. The van der Waals surface area contributed by atoms with Crippen molar-refractivity contribution >= 4 is 0 Å². The third-order valence-corrected chi connectivity index (χ3v) is 4.02. The van der Waals surface area contributed by atoms with Gasteiger partial charge in [-0.05, 0) is 50.3 Å². The van der Waals surface area contributed by atoms with Crippen LogP contribution in [0.2, 0.25) is 0 Å². The Morgan fingerprint density at radius 1 is 1.25 bits per heavy atom. The van der Waals surface area contributed by atoms with Crippen molar-refractivity contribution in [2.45, 2.75) is 38.3 Å². The molecule has 0 saturated heterocycles. The Balaban J connectivity index is 1.96. The maximum absolute atomic E-state index is 6.35. The highest BCUT2D eigenvalue weighted by atomic mass is 16.5. The van der Waals surface area contributed by atoms with Gasteiger partial charge < -0.3 is 19.9 Å². The lowest BCUT2D eigenvalue weighted by Gasteiger charge is -2.36. The first-order valence-electron chi connectivity index (χ1n) is 7.27. The van der Waals surface area contributed by atoms with Crippen LogP contribution in [0.1, 0.15) is 37.8 Å². The van der Waals surface area contributed by atoms with E-state index in [1.807, 2.05) is 25.1 Å². The quantitative estimate of drug-likeness (QED) is 0.834. The summed E-state index contributed by atoms with van der Waals surface area (Å²) in [7, 11) is 3.34. The molecule has 0 aliphatic heterocycles. The molecule has 0 aromatic heterocycles. The summed E-state index contributed by atoms with van der Waals surface area (Å²) in [5, 5.41) is 0. The topological polar surface area (TPSA) is 53.7 Å². The minimum absolute atomic E-state index is 0.0207. The van der Waals surface area contributed by atoms with Gasteiger partial charge in [0, 0.05) is 18.2 Å². The number of hydrogen-bond acceptors (Lipinski definition) is 4. The molecule has 0 amide bonds. The fraction of sp³-hybridized carbons (Fsp3) is 0.625. The van der Waals surface area contributed by atoms with Crippen molar-refractivity contribution < 1.29 is 14.2 Å². The largest absolute Gasteiger partial charge is 0.497 e. The molecular formula is C16H25NO3. The minimum atomic E-state index is -0.0207. The van der Waals surface area contributed by atoms with Crippen molar-refractivity contribution in [3.63, 3.8) is 0 Å². The van der Waals surface area contributed by atoms with Crippen LogP contribution in [-0.2, 0) is 4.74 Å². The number of hydrogen-bond donors (Lipinski definition) is 1. The van der Waals surface area contributed by atoms with Gasteiger partial charge in [0.15, 0.2) is 0 Å². The summed E-state index contributed by atoms with van der Waals surface area (Å²) in [6.07, 6.45) is 3.64. The SMILES string of the molecule is CCOC1CC(CC(N)c2cc(OC)ccc2OC)C1. The van der Waals surface area contributed by atoms with Crippen molar-refractivity contribution in [1.29, 1.82) is 0 Å². The molecule has 112 valence electrons. The van der Waals surface area contributed by atoms with E-state index in [4.69, 9.17) is 19.9 Å². The zero-order valence-corrected chi connectivity index (χ0v) is 12.6. The molecule has 1 saturated carbocycles. The second kappa shape index (κ2) is 6.95. The Morgan fingerprint density at radius 3 is 2.60 bits per heavy atom. The second-order valence-electron chi connectivity index (χ2n) is 5.36. The highest BCUT2D eigenvalue weighted by Gasteiger charge is 2.31. The number of methoxy groups -OCH3 is 2. The van der Waals surface area contributed by atoms with E-state index in [0.717, 1.165) is 42.9 Å². The second-order valence-corrected chi connectivity index (χ2v) is 5.36. The van der Waals surface area contributed by atoms with Gasteiger partial charge in [0.25, 0.3) is 0 Å². The highest BCUT2D eigenvalue weighted by Crippen LogP contribution is 2.38. The third-order valence-electron chi connectivity index (χ3n) is 4.02. The van der Waals surface area contributed by atoms with Gasteiger partial charge in [0.2, 0.25) is 0 Å². The van der Waals surface area contributed by atoms with E-state index in [-0.39, 0.29) is 6.04 Å². The first-order chi connectivity index (χ1) is 9.67. The lowest BCUT2D eigenvalue weighted by molar-refractivity contribution is -0.0282. The van der Waals surface area contributed by atoms with Crippen LogP contribution in [0.3, 0.4) is 0 Å². The summed E-state index contributed by atoms with van der Waals surface area (Å²) in [6.45, 7) is 2.84. The Morgan fingerprint density at radius 2 is 2.00 bits per heavy atom. The molecule has 1 aromatic carbocycles. The summed E-state index contributed by atoms with van der Waals surface area (Å²) in [5.74, 6) is 2.30. The molecule has 1 atom stereocenters. The van der Waals surface area contributed by atoms with Crippen molar-refractivity contribution in [3.8, 4) is 11.5 Å². The summed E-state index contributed by atoms with van der Waals surface area (Å²) >= 11 is 0. The summed E-state index contributed by atoms with van der Waals surface area (Å²) in [4.78, 5) is 0. The number of benzene rings is 1.